The first-order valence-electron chi connectivity index (χ1n) is 5.62. The molecule has 0 aromatic rings. The molecule has 1 fully saturated rings. The molecule has 1 heterocycles. The largest absolute Gasteiger partial charge is 0.327 e. The first-order chi connectivity index (χ1) is 7.25. The molecule has 4 nitrogen and oxygen atoms in total. The quantitative estimate of drug-likeness (QED) is 0.696. The summed E-state index contributed by atoms with van der Waals surface area (Å²) < 4.78 is 0. The van der Waals surface area contributed by atoms with Crippen molar-refractivity contribution in [1.29, 1.82) is 5.26 Å². The van der Waals surface area contributed by atoms with E-state index in [0.717, 1.165) is 25.9 Å². The fraction of sp³-hybridized carbons (Fsp3) is 0.818. The molecule has 1 aliphatic heterocycles. The molecular weight excluding hydrogens is 190 g/mol. The molecule has 0 aromatic carbocycles. The molecule has 0 unspecified atom stereocenters. The Morgan fingerprint density at radius 3 is 2.47 bits per heavy atom. The minimum Gasteiger partial charge on any atom is -0.327 e. The van der Waals surface area contributed by atoms with Crippen molar-refractivity contribution in [3.05, 3.63) is 0 Å². The molecule has 0 aromatic heterocycles. The van der Waals surface area contributed by atoms with E-state index in [0.29, 0.717) is 13.0 Å². The molecule has 2 amide bonds. The van der Waals surface area contributed by atoms with Crippen LogP contribution in [0, 0.1) is 11.3 Å². The van der Waals surface area contributed by atoms with Gasteiger partial charge in [-0.15, -0.1) is 0 Å². The van der Waals surface area contributed by atoms with E-state index >= 15 is 0 Å². The summed E-state index contributed by atoms with van der Waals surface area (Å²) in [6, 6.07) is 2.13. The Morgan fingerprint density at radius 1 is 1.33 bits per heavy atom. The molecule has 1 saturated heterocycles. The Bertz CT molecular complexity index is 239. The molecule has 1 aliphatic rings. The molecule has 0 spiro atoms. The highest BCUT2D eigenvalue weighted by Gasteiger charge is 2.18. The number of hydrogen-bond donors (Lipinski definition) is 0. The first-order valence-corrected chi connectivity index (χ1v) is 5.62. The third-order valence-electron chi connectivity index (χ3n) is 2.76. The molecule has 0 saturated carbocycles. The highest BCUT2D eigenvalue weighted by molar-refractivity contribution is 5.74. The van der Waals surface area contributed by atoms with Crippen LogP contribution in [0.3, 0.4) is 0 Å². The summed E-state index contributed by atoms with van der Waals surface area (Å²) in [5.41, 5.74) is 0. The minimum atomic E-state index is 0.0761. The Hall–Kier alpha value is -1.24. The molecule has 0 bridgehead atoms. The summed E-state index contributed by atoms with van der Waals surface area (Å²) in [5.74, 6) is 0. The van der Waals surface area contributed by atoms with Crippen LogP contribution < -0.4 is 0 Å². The Morgan fingerprint density at radius 2 is 1.93 bits per heavy atom. The number of nitriles is 1. The van der Waals surface area contributed by atoms with Crippen LogP contribution in [0.1, 0.15) is 32.1 Å². The standard InChI is InChI=1S/C11H19N3O/c1-13(8-6-7-12)11(15)14-9-4-2-3-5-10-14/h2-6,8-10H2,1H3. The zero-order valence-corrected chi connectivity index (χ0v) is 9.41. The summed E-state index contributed by atoms with van der Waals surface area (Å²) in [4.78, 5) is 15.5. The zero-order valence-electron chi connectivity index (χ0n) is 9.41. The number of carbonyl (C=O) groups excluding carboxylic acids is 1. The summed E-state index contributed by atoms with van der Waals surface area (Å²) in [7, 11) is 1.77. The number of carbonyl (C=O) groups is 1. The van der Waals surface area contributed by atoms with Gasteiger partial charge in [0.25, 0.3) is 0 Å². The van der Waals surface area contributed by atoms with Gasteiger partial charge >= 0.3 is 6.03 Å². The third-order valence-corrected chi connectivity index (χ3v) is 2.76. The summed E-state index contributed by atoms with van der Waals surface area (Å²) in [5, 5.41) is 8.45. The van der Waals surface area contributed by atoms with Crippen LogP contribution >= 0.6 is 0 Å². The Kier molecular flexibility index (Phi) is 4.96. The molecular formula is C11H19N3O. The molecule has 0 aliphatic carbocycles. The minimum absolute atomic E-state index is 0.0761. The second-order valence-corrected chi connectivity index (χ2v) is 4.01. The van der Waals surface area contributed by atoms with Crippen LogP contribution in [0.5, 0.6) is 0 Å². The number of urea groups is 1. The highest BCUT2D eigenvalue weighted by atomic mass is 16.2. The van der Waals surface area contributed by atoms with Gasteiger partial charge in [0, 0.05) is 26.7 Å². The van der Waals surface area contributed by atoms with Gasteiger partial charge in [-0.2, -0.15) is 5.26 Å². The van der Waals surface area contributed by atoms with E-state index in [1.807, 2.05) is 4.90 Å². The van der Waals surface area contributed by atoms with E-state index in [1.54, 1.807) is 11.9 Å². The van der Waals surface area contributed by atoms with Crippen molar-refractivity contribution in [2.75, 3.05) is 26.7 Å². The van der Waals surface area contributed by atoms with E-state index in [-0.39, 0.29) is 6.03 Å². The molecule has 0 N–H and O–H groups in total. The topological polar surface area (TPSA) is 47.3 Å². The van der Waals surface area contributed by atoms with E-state index in [9.17, 15) is 4.79 Å². The maximum absolute atomic E-state index is 11.9. The van der Waals surface area contributed by atoms with Gasteiger partial charge in [-0.25, -0.2) is 4.79 Å². The van der Waals surface area contributed by atoms with E-state index < -0.39 is 0 Å². The summed E-state index contributed by atoms with van der Waals surface area (Å²) in [6.07, 6.45) is 5.09. The third kappa shape index (κ3) is 3.78. The second kappa shape index (κ2) is 6.28. The highest BCUT2D eigenvalue weighted by Crippen LogP contribution is 2.11. The van der Waals surface area contributed by atoms with Gasteiger partial charge in [-0.3, -0.25) is 0 Å². The molecule has 0 atom stereocenters. The number of likely N-dealkylation sites (tertiary alicyclic amines) is 1. The van der Waals surface area contributed by atoms with Crippen molar-refractivity contribution in [3.8, 4) is 6.07 Å². The van der Waals surface area contributed by atoms with Crippen LogP contribution in [0.15, 0.2) is 0 Å². The van der Waals surface area contributed by atoms with E-state index in [2.05, 4.69) is 6.07 Å². The Labute approximate surface area is 91.5 Å². The molecule has 0 radical (unpaired) electrons. The van der Waals surface area contributed by atoms with Crippen LogP contribution in [0.4, 0.5) is 4.79 Å². The SMILES string of the molecule is CN(CCC#N)C(=O)N1CCCCCC1. The van der Waals surface area contributed by atoms with Gasteiger partial charge in [-0.05, 0) is 12.8 Å². The van der Waals surface area contributed by atoms with Crippen LogP contribution in [0.2, 0.25) is 0 Å². The molecule has 4 heteroatoms. The predicted octanol–water partition coefficient (Wildman–Crippen LogP) is 1.83. The van der Waals surface area contributed by atoms with Crippen molar-refractivity contribution in [2.24, 2.45) is 0 Å². The molecule has 1 rings (SSSR count). The van der Waals surface area contributed by atoms with Gasteiger partial charge in [0.15, 0.2) is 0 Å². The second-order valence-electron chi connectivity index (χ2n) is 4.01. The first kappa shape index (κ1) is 11.8. The van der Waals surface area contributed by atoms with Crippen molar-refractivity contribution in [1.82, 2.24) is 9.80 Å². The lowest BCUT2D eigenvalue weighted by molar-refractivity contribution is 0.165. The van der Waals surface area contributed by atoms with Gasteiger partial charge in [-0.1, -0.05) is 12.8 Å². The zero-order chi connectivity index (χ0) is 11.1. The fourth-order valence-electron chi connectivity index (χ4n) is 1.82. The van der Waals surface area contributed by atoms with Crippen molar-refractivity contribution in [2.45, 2.75) is 32.1 Å². The van der Waals surface area contributed by atoms with Crippen LogP contribution in [-0.2, 0) is 0 Å². The van der Waals surface area contributed by atoms with E-state index in [1.165, 1.54) is 12.8 Å². The lowest BCUT2D eigenvalue weighted by Gasteiger charge is -2.26. The van der Waals surface area contributed by atoms with Gasteiger partial charge < -0.3 is 9.80 Å². The van der Waals surface area contributed by atoms with Gasteiger partial charge in [0.05, 0.1) is 12.5 Å². The monoisotopic (exact) mass is 209 g/mol. The van der Waals surface area contributed by atoms with Crippen molar-refractivity contribution in [3.63, 3.8) is 0 Å². The lowest BCUT2D eigenvalue weighted by atomic mass is 10.2. The van der Waals surface area contributed by atoms with Crippen LogP contribution in [-0.4, -0.2) is 42.5 Å². The number of amides is 2. The number of hydrogen-bond acceptors (Lipinski definition) is 2. The average molecular weight is 209 g/mol. The Balaban J connectivity index is 2.39. The van der Waals surface area contributed by atoms with Crippen molar-refractivity contribution < 1.29 is 4.79 Å². The number of nitrogens with zero attached hydrogens (tertiary/aromatic N) is 3. The normalized spacial score (nSPS) is 16.7. The maximum Gasteiger partial charge on any atom is 0.319 e. The van der Waals surface area contributed by atoms with Crippen LogP contribution in [0.25, 0.3) is 0 Å². The van der Waals surface area contributed by atoms with Crippen molar-refractivity contribution >= 4 is 6.03 Å². The lowest BCUT2D eigenvalue weighted by Crippen LogP contribution is -2.41. The van der Waals surface area contributed by atoms with E-state index in [4.69, 9.17) is 5.26 Å². The van der Waals surface area contributed by atoms with Gasteiger partial charge in [0.1, 0.15) is 0 Å². The smallest absolute Gasteiger partial charge is 0.319 e. The fourth-order valence-corrected chi connectivity index (χ4v) is 1.82. The number of rotatable bonds is 2. The summed E-state index contributed by atoms with van der Waals surface area (Å²) in [6.45, 7) is 2.28. The predicted molar refractivity (Wildman–Crippen MR) is 58.3 cm³/mol. The van der Waals surface area contributed by atoms with Gasteiger partial charge in [0.2, 0.25) is 0 Å². The molecule has 84 valence electrons. The summed E-state index contributed by atoms with van der Waals surface area (Å²) >= 11 is 0. The molecule has 15 heavy (non-hydrogen) atoms. The maximum atomic E-state index is 11.9. The average Bonchev–Trinajstić information content (AvgIpc) is 2.53.